The van der Waals surface area contributed by atoms with Gasteiger partial charge in [-0.15, -0.1) is 0 Å². The molecule has 3 nitrogen and oxygen atoms in total. The number of benzene rings is 1. The van der Waals surface area contributed by atoms with E-state index in [-0.39, 0.29) is 11.5 Å². The summed E-state index contributed by atoms with van der Waals surface area (Å²) in [7, 11) is 1.42. The van der Waals surface area contributed by atoms with E-state index in [0.29, 0.717) is 10.6 Å². The maximum absolute atomic E-state index is 9.92. The molecule has 0 aliphatic carbocycles. The number of hydrogen-bond acceptors (Lipinski definition) is 3. The number of halogens is 1. The summed E-state index contributed by atoms with van der Waals surface area (Å²) in [6.45, 7) is 4.98. The molecular formula is C11H15ClO3. The zero-order chi connectivity index (χ0) is 11.8. The Balaban J connectivity index is 3.53. The number of rotatable bonds is 2. The zero-order valence-corrected chi connectivity index (χ0v) is 10.0. The van der Waals surface area contributed by atoms with Gasteiger partial charge in [-0.25, -0.2) is 0 Å². The molecular weight excluding hydrogens is 216 g/mol. The highest BCUT2D eigenvalue weighted by Crippen LogP contribution is 2.43. The predicted octanol–water partition coefficient (Wildman–Crippen LogP) is 2.59. The summed E-state index contributed by atoms with van der Waals surface area (Å²) in [5.74, 6) is 0.0920. The summed E-state index contributed by atoms with van der Waals surface area (Å²) in [5, 5.41) is 20.2. The quantitative estimate of drug-likeness (QED) is 0.821. The lowest BCUT2D eigenvalue weighted by molar-refractivity contribution is 0.0746. The first-order valence-electron chi connectivity index (χ1n) is 4.58. The fraction of sp³-hybridized carbons (Fsp3) is 0.455. The molecule has 0 unspecified atom stereocenters. The molecule has 0 heterocycles. The monoisotopic (exact) mass is 230 g/mol. The summed E-state index contributed by atoms with van der Waals surface area (Å²) >= 11 is 5.89. The summed E-state index contributed by atoms with van der Waals surface area (Å²) < 4.78 is 4.97. The molecule has 1 rings (SSSR count). The van der Waals surface area contributed by atoms with E-state index in [0.717, 1.165) is 5.56 Å². The van der Waals surface area contributed by atoms with Crippen molar-refractivity contribution in [2.24, 2.45) is 0 Å². The highest BCUT2D eigenvalue weighted by molar-refractivity contribution is 6.32. The van der Waals surface area contributed by atoms with Crippen LogP contribution in [0.25, 0.3) is 0 Å². The molecule has 0 saturated heterocycles. The molecule has 0 fully saturated rings. The predicted molar refractivity (Wildman–Crippen MR) is 59.7 cm³/mol. The summed E-state index contributed by atoms with van der Waals surface area (Å²) in [4.78, 5) is 0. The first-order chi connectivity index (χ1) is 6.79. The minimum Gasteiger partial charge on any atom is -0.504 e. The molecule has 0 spiro atoms. The second kappa shape index (κ2) is 3.91. The van der Waals surface area contributed by atoms with Gasteiger partial charge in [-0.2, -0.15) is 0 Å². The molecule has 0 aliphatic rings. The van der Waals surface area contributed by atoms with Crippen molar-refractivity contribution in [2.75, 3.05) is 7.11 Å². The van der Waals surface area contributed by atoms with Gasteiger partial charge in [-0.05, 0) is 32.4 Å². The van der Waals surface area contributed by atoms with Crippen molar-refractivity contribution in [3.05, 3.63) is 22.2 Å². The number of aliphatic hydroxyl groups is 1. The number of ether oxygens (including phenoxy) is 1. The van der Waals surface area contributed by atoms with Crippen molar-refractivity contribution in [3.63, 3.8) is 0 Å². The molecule has 2 N–H and O–H groups in total. The van der Waals surface area contributed by atoms with Crippen molar-refractivity contribution in [3.8, 4) is 11.5 Å². The molecule has 0 atom stereocenters. The lowest BCUT2D eigenvalue weighted by Gasteiger charge is -2.23. The second-order valence-corrected chi connectivity index (χ2v) is 4.40. The third-order valence-corrected chi connectivity index (χ3v) is 2.50. The van der Waals surface area contributed by atoms with E-state index in [1.165, 1.54) is 7.11 Å². The van der Waals surface area contributed by atoms with Crippen molar-refractivity contribution in [1.82, 2.24) is 0 Å². The largest absolute Gasteiger partial charge is 0.504 e. The third-order valence-electron chi connectivity index (χ3n) is 2.22. The Labute approximate surface area is 94.3 Å². The normalized spacial score (nSPS) is 11.6. The van der Waals surface area contributed by atoms with Crippen LogP contribution in [-0.2, 0) is 5.60 Å². The molecule has 0 aromatic heterocycles. The van der Waals surface area contributed by atoms with E-state index >= 15 is 0 Å². The van der Waals surface area contributed by atoms with Gasteiger partial charge in [0.2, 0.25) is 0 Å². The first kappa shape index (κ1) is 12.1. The minimum atomic E-state index is -1.13. The van der Waals surface area contributed by atoms with Gasteiger partial charge in [0.15, 0.2) is 11.5 Å². The van der Waals surface area contributed by atoms with Gasteiger partial charge in [-0.1, -0.05) is 11.6 Å². The number of hydrogen-bond donors (Lipinski definition) is 2. The molecule has 0 bridgehead atoms. The highest BCUT2D eigenvalue weighted by Gasteiger charge is 2.26. The van der Waals surface area contributed by atoms with Crippen LogP contribution in [0.2, 0.25) is 5.02 Å². The van der Waals surface area contributed by atoms with Crippen LogP contribution < -0.4 is 4.74 Å². The van der Waals surface area contributed by atoms with Crippen molar-refractivity contribution >= 4 is 11.6 Å². The van der Waals surface area contributed by atoms with Gasteiger partial charge in [0.05, 0.1) is 17.7 Å². The van der Waals surface area contributed by atoms with Crippen molar-refractivity contribution in [2.45, 2.75) is 26.4 Å². The smallest absolute Gasteiger partial charge is 0.179 e. The summed E-state index contributed by atoms with van der Waals surface area (Å²) in [5.41, 5.74) is 0.0287. The van der Waals surface area contributed by atoms with Gasteiger partial charge in [-0.3, -0.25) is 0 Å². The SMILES string of the molecule is COc1c(Cl)cc(C)c(C(C)(C)O)c1O. The van der Waals surface area contributed by atoms with Gasteiger partial charge in [0.1, 0.15) is 0 Å². The Morgan fingerprint density at radius 3 is 2.33 bits per heavy atom. The van der Waals surface area contributed by atoms with Gasteiger partial charge >= 0.3 is 0 Å². The molecule has 0 radical (unpaired) electrons. The Kier molecular flexibility index (Phi) is 3.16. The first-order valence-corrected chi connectivity index (χ1v) is 4.95. The fourth-order valence-electron chi connectivity index (χ4n) is 1.71. The molecule has 0 amide bonds. The number of aromatic hydroxyl groups is 1. The maximum atomic E-state index is 9.92. The van der Waals surface area contributed by atoms with E-state index in [4.69, 9.17) is 16.3 Å². The van der Waals surface area contributed by atoms with Crippen LogP contribution in [0, 0.1) is 6.92 Å². The molecule has 15 heavy (non-hydrogen) atoms. The Bertz CT molecular complexity index is 380. The van der Waals surface area contributed by atoms with E-state index in [1.807, 2.05) is 0 Å². The molecule has 1 aromatic carbocycles. The average molecular weight is 231 g/mol. The molecule has 1 aromatic rings. The molecule has 0 saturated carbocycles. The fourth-order valence-corrected chi connectivity index (χ4v) is 2.04. The summed E-state index contributed by atoms with van der Waals surface area (Å²) in [6.07, 6.45) is 0. The summed E-state index contributed by atoms with van der Waals surface area (Å²) in [6, 6.07) is 1.66. The average Bonchev–Trinajstić information content (AvgIpc) is 2.00. The standard InChI is InChI=1S/C11H15ClO3/c1-6-5-7(12)10(15-4)9(13)8(6)11(2,3)14/h5,13-14H,1-4H3. The topological polar surface area (TPSA) is 49.7 Å². The highest BCUT2D eigenvalue weighted by atomic mass is 35.5. The van der Waals surface area contributed by atoms with Crippen LogP contribution in [0.4, 0.5) is 0 Å². The lowest BCUT2D eigenvalue weighted by Crippen LogP contribution is -2.17. The van der Waals surface area contributed by atoms with Crippen LogP contribution in [0.1, 0.15) is 25.0 Å². The number of phenolic OH excluding ortho intramolecular Hbond substituents is 1. The number of methoxy groups -OCH3 is 1. The molecule has 4 heteroatoms. The van der Waals surface area contributed by atoms with Crippen molar-refractivity contribution in [1.29, 1.82) is 0 Å². The van der Waals surface area contributed by atoms with Gasteiger partial charge < -0.3 is 14.9 Å². The number of phenols is 1. The van der Waals surface area contributed by atoms with Gasteiger partial charge in [0.25, 0.3) is 0 Å². The van der Waals surface area contributed by atoms with E-state index < -0.39 is 5.60 Å². The molecule has 84 valence electrons. The van der Waals surface area contributed by atoms with Crippen LogP contribution in [0.3, 0.4) is 0 Å². The Morgan fingerprint density at radius 1 is 1.40 bits per heavy atom. The lowest BCUT2D eigenvalue weighted by atomic mass is 9.92. The number of aryl methyl sites for hydroxylation is 1. The van der Waals surface area contributed by atoms with Crippen LogP contribution in [-0.4, -0.2) is 17.3 Å². The minimum absolute atomic E-state index is 0.102. The molecule has 0 aliphatic heterocycles. The van der Waals surface area contributed by atoms with Crippen LogP contribution in [0.15, 0.2) is 6.07 Å². The van der Waals surface area contributed by atoms with Crippen LogP contribution in [0.5, 0.6) is 11.5 Å². The third kappa shape index (κ3) is 2.19. The van der Waals surface area contributed by atoms with E-state index in [9.17, 15) is 10.2 Å². The van der Waals surface area contributed by atoms with Gasteiger partial charge in [0, 0.05) is 5.56 Å². The van der Waals surface area contributed by atoms with E-state index in [1.54, 1.807) is 26.8 Å². The van der Waals surface area contributed by atoms with Crippen molar-refractivity contribution < 1.29 is 14.9 Å². The maximum Gasteiger partial charge on any atom is 0.179 e. The zero-order valence-electron chi connectivity index (χ0n) is 9.26. The van der Waals surface area contributed by atoms with E-state index in [2.05, 4.69) is 0 Å². The Hall–Kier alpha value is -0.930. The van der Waals surface area contributed by atoms with Crippen LogP contribution >= 0.6 is 11.6 Å². The second-order valence-electron chi connectivity index (χ2n) is 3.99. The Morgan fingerprint density at radius 2 is 1.93 bits per heavy atom.